The Morgan fingerprint density at radius 2 is 2.25 bits per heavy atom. The molecule has 8 heteroatoms. The van der Waals surface area contributed by atoms with Gasteiger partial charge in [-0.15, -0.1) is 0 Å². The van der Waals surface area contributed by atoms with E-state index in [0.717, 1.165) is 4.31 Å². The molecule has 1 atom stereocenters. The Morgan fingerprint density at radius 1 is 1.62 bits per heavy atom. The first-order chi connectivity index (χ1) is 7.27. The number of rotatable bonds is 3. The van der Waals surface area contributed by atoms with Crippen LogP contribution in [0.5, 0.6) is 0 Å². The third kappa shape index (κ3) is 3.32. The molecule has 0 aliphatic carbocycles. The van der Waals surface area contributed by atoms with E-state index in [-0.39, 0.29) is 13.2 Å². The molecule has 1 saturated heterocycles. The molecule has 0 aromatic heterocycles. The first-order valence-corrected chi connectivity index (χ1v) is 6.44. The van der Waals surface area contributed by atoms with E-state index in [1.807, 2.05) is 4.72 Å². The molecule has 1 heterocycles. The lowest BCUT2D eigenvalue weighted by Gasteiger charge is -2.19. The Kier molecular flexibility index (Phi) is 3.76. The molecule has 1 unspecified atom stereocenters. The summed E-state index contributed by atoms with van der Waals surface area (Å²) in [7, 11) is -3.82. The third-order valence-corrected chi connectivity index (χ3v) is 3.71. The van der Waals surface area contributed by atoms with Crippen LogP contribution in [0.1, 0.15) is 20.3 Å². The Labute approximate surface area is 95.1 Å². The van der Waals surface area contributed by atoms with Crippen LogP contribution in [0.2, 0.25) is 0 Å². The van der Waals surface area contributed by atoms with Crippen LogP contribution in [-0.2, 0) is 14.9 Å². The van der Waals surface area contributed by atoms with Gasteiger partial charge in [-0.2, -0.15) is 12.7 Å². The third-order valence-electron chi connectivity index (χ3n) is 2.30. The van der Waals surface area contributed by atoms with Gasteiger partial charge in [0.1, 0.15) is 0 Å². The lowest BCUT2D eigenvalue weighted by atomic mass is 10.0. The molecule has 1 fully saturated rings. The van der Waals surface area contributed by atoms with Crippen molar-refractivity contribution in [1.82, 2.24) is 9.03 Å². The summed E-state index contributed by atoms with van der Waals surface area (Å²) < 4.78 is 30.8. The molecular formula is C8H17N3O4S. The molecule has 0 aromatic rings. The number of nitrogens with one attached hydrogen (secondary N) is 1. The number of ether oxygens (including phenoxy) is 1. The zero-order chi connectivity index (χ0) is 12.4. The monoisotopic (exact) mass is 251 g/mol. The number of carbonyl (C=O) groups excluding carboxylic acids is 1. The fraction of sp³-hybridized carbons (Fsp3) is 0.875. The van der Waals surface area contributed by atoms with Crippen molar-refractivity contribution in [3.8, 4) is 0 Å². The maximum atomic E-state index is 11.7. The van der Waals surface area contributed by atoms with Gasteiger partial charge in [-0.25, -0.2) is 9.52 Å². The first-order valence-electron chi connectivity index (χ1n) is 5.00. The molecule has 0 spiro atoms. The van der Waals surface area contributed by atoms with Crippen LogP contribution in [0.3, 0.4) is 0 Å². The highest BCUT2D eigenvalue weighted by atomic mass is 32.2. The van der Waals surface area contributed by atoms with E-state index < -0.39 is 21.8 Å². The fourth-order valence-electron chi connectivity index (χ4n) is 1.48. The predicted molar refractivity (Wildman–Crippen MR) is 57.9 cm³/mol. The van der Waals surface area contributed by atoms with Crippen molar-refractivity contribution in [2.24, 2.45) is 5.73 Å². The van der Waals surface area contributed by atoms with Crippen LogP contribution in [0, 0.1) is 0 Å². The Hall–Kier alpha value is -0.860. The maximum Gasteiger partial charge on any atom is 0.421 e. The van der Waals surface area contributed by atoms with Gasteiger partial charge in [0.2, 0.25) is 0 Å². The molecular weight excluding hydrogens is 234 g/mol. The van der Waals surface area contributed by atoms with Gasteiger partial charge in [-0.1, -0.05) is 0 Å². The van der Waals surface area contributed by atoms with Gasteiger partial charge in [-0.05, 0) is 20.3 Å². The highest BCUT2D eigenvalue weighted by molar-refractivity contribution is 7.87. The predicted octanol–water partition coefficient (Wildman–Crippen LogP) is -0.600. The van der Waals surface area contributed by atoms with Crippen LogP contribution in [-0.4, -0.2) is 44.1 Å². The van der Waals surface area contributed by atoms with E-state index in [0.29, 0.717) is 13.0 Å². The van der Waals surface area contributed by atoms with Crippen molar-refractivity contribution in [3.05, 3.63) is 0 Å². The minimum absolute atomic E-state index is 0.121. The van der Waals surface area contributed by atoms with E-state index in [1.165, 1.54) is 0 Å². The molecule has 0 bridgehead atoms. The number of nitrogens with zero attached hydrogens (tertiary/aromatic N) is 1. The van der Waals surface area contributed by atoms with Crippen molar-refractivity contribution >= 4 is 16.3 Å². The molecule has 16 heavy (non-hydrogen) atoms. The van der Waals surface area contributed by atoms with Crippen LogP contribution < -0.4 is 10.5 Å². The summed E-state index contributed by atoms with van der Waals surface area (Å²) >= 11 is 0. The van der Waals surface area contributed by atoms with Crippen molar-refractivity contribution in [1.29, 1.82) is 0 Å². The summed E-state index contributed by atoms with van der Waals surface area (Å²) in [5, 5.41) is 0. The van der Waals surface area contributed by atoms with Gasteiger partial charge in [0.15, 0.2) is 0 Å². The number of hydrogen-bond acceptors (Lipinski definition) is 5. The van der Waals surface area contributed by atoms with E-state index >= 15 is 0 Å². The SMILES string of the molecule is CCOC(=O)NS(=O)(=O)N1CCC(C)(N)C1. The normalized spacial score (nSPS) is 26.7. The minimum atomic E-state index is -3.82. The maximum absolute atomic E-state index is 11.7. The molecule has 0 saturated carbocycles. The Morgan fingerprint density at radius 3 is 2.69 bits per heavy atom. The summed E-state index contributed by atoms with van der Waals surface area (Å²) in [6.45, 7) is 3.99. The second-order valence-electron chi connectivity index (χ2n) is 4.07. The smallest absolute Gasteiger partial charge is 0.421 e. The van der Waals surface area contributed by atoms with Gasteiger partial charge in [0.05, 0.1) is 6.61 Å². The average molecular weight is 251 g/mol. The van der Waals surface area contributed by atoms with Crippen molar-refractivity contribution in [3.63, 3.8) is 0 Å². The topological polar surface area (TPSA) is 102 Å². The van der Waals surface area contributed by atoms with Crippen molar-refractivity contribution in [2.75, 3.05) is 19.7 Å². The van der Waals surface area contributed by atoms with Gasteiger partial charge in [0.25, 0.3) is 0 Å². The molecule has 7 nitrogen and oxygen atoms in total. The summed E-state index contributed by atoms with van der Waals surface area (Å²) in [4.78, 5) is 11.0. The molecule has 1 aliphatic heterocycles. The van der Waals surface area contributed by atoms with Crippen LogP contribution in [0.4, 0.5) is 4.79 Å². The summed E-state index contributed by atoms with van der Waals surface area (Å²) in [5.74, 6) is 0. The molecule has 3 N–H and O–H groups in total. The molecule has 0 aromatic carbocycles. The van der Waals surface area contributed by atoms with E-state index in [1.54, 1.807) is 13.8 Å². The Balaban J connectivity index is 2.62. The fourth-order valence-corrected chi connectivity index (χ4v) is 2.67. The van der Waals surface area contributed by atoms with Crippen molar-refractivity contribution < 1.29 is 17.9 Å². The highest BCUT2D eigenvalue weighted by Crippen LogP contribution is 2.19. The second-order valence-corrected chi connectivity index (χ2v) is 5.74. The standard InChI is InChI=1S/C8H17N3O4S/c1-3-15-7(12)10-16(13,14)11-5-4-8(2,9)6-11/h3-6,9H2,1-2H3,(H,10,12). The van der Waals surface area contributed by atoms with Crippen LogP contribution in [0.15, 0.2) is 0 Å². The van der Waals surface area contributed by atoms with Gasteiger partial charge in [0, 0.05) is 18.6 Å². The number of carbonyl (C=O) groups is 1. The van der Waals surface area contributed by atoms with E-state index in [9.17, 15) is 13.2 Å². The van der Waals surface area contributed by atoms with Gasteiger partial charge >= 0.3 is 16.3 Å². The summed E-state index contributed by atoms with van der Waals surface area (Å²) in [6, 6.07) is 0. The second kappa shape index (κ2) is 4.56. The molecule has 1 amide bonds. The van der Waals surface area contributed by atoms with Gasteiger partial charge < -0.3 is 10.5 Å². The zero-order valence-electron chi connectivity index (χ0n) is 9.39. The molecule has 1 rings (SSSR count). The Bertz CT molecular complexity index is 365. The summed E-state index contributed by atoms with van der Waals surface area (Å²) in [6.07, 6.45) is -0.398. The number of amides is 1. The number of hydrogen-bond donors (Lipinski definition) is 2. The van der Waals surface area contributed by atoms with Crippen molar-refractivity contribution in [2.45, 2.75) is 25.8 Å². The zero-order valence-corrected chi connectivity index (χ0v) is 10.2. The quantitative estimate of drug-likeness (QED) is 0.697. The van der Waals surface area contributed by atoms with Gasteiger partial charge in [-0.3, -0.25) is 0 Å². The molecule has 94 valence electrons. The molecule has 0 radical (unpaired) electrons. The summed E-state index contributed by atoms with van der Waals surface area (Å²) in [5.41, 5.74) is 5.27. The van der Waals surface area contributed by atoms with E-state index in [2.05, 4.69) is 4.74 Å². The van der Waals surface area contributed by atoms with Crippen LogP contribution >= 0.6 is 0 Å². The lowest BCUT2D eigenvalue weighted by molar-refractivity contribution is 0.158. The average Bonchev–Trinajstić information content (AvgIpc) is 2.46. The number of nitrogens with two attached hydrogens (primary N) is 1. The minimum Gasteiger partial charge on any atom is -0.449 e. The lowest BCUT2D eigenvalue weighted by Crippen LogP contribution is -2.46. The van der Waals surface area contributed by atoms with E-state index in [4.69, 9.17) is 5.73 Å². The first kappa shape index (κ1) is 13.2. The highest BCUT2D eigenvalue weighted by Gasteiger charge is 2.37. The largest absolute Gasteiger partial charge is 0.449 e. The van der Waals surface area contributed by atoms with Crippen LogP contribution in [0.25, 0.3) is 0 Å². The molecule has 1 aliphatic rings.